The molecule has 0 atom stereocenters. The summed E-state index contributed by atoms with van der Waals surface area (Å²) in [5.74, 6) is 0. The highest BCUT2D eigenvalue weighted by Gasteiger charge is 2.22. The zero-order valence-electron chi connectivity index (χ0n) is 17.5. The first-order chi connectivity index (χ1) is 11.3. The summed E-state index contributed by atoms with van der Waals surface area (Å²) in [6.07, 6.45) is 0. The van der Waals surface area contributed by atoms with Crippen LogP contribution in [0.4, 0.5) is 11.4 Å². The Bertz CT molecular complexity index is 717. The maximum atomic E-state index is 3.64. The van der Waals surface area contributed by atoms with Crippen molar-refractivity contribution >= 4 is 11.4 Å². The fraction of sp³-hybridized carbons (Fsp3) is 0.500. The summed E-state index contributed by atoms with van der Waals surface area (Å²) in [5.41, 5.74) is 6.87. The van der Waals surface area contributed by atoms with Crippen LogP contribution in [0.5, 0.6) is 0 Å². The number of benzene rings is 2. The number of hydrogen-bond donors (Lipinski definition) is 1. The Kier molecular flexibility index (Phi) is 5.10. The molecule has 1 nitrogen and oxygen atoms in total. The van der Waals surface area contributed by atoms with Gasteiger partial charge in [0.1, 0.15) is 0 Å². The summed E-state index contributed by atoms with van der Waals surface area (Å²) < 4.78 is 0. The first-order valence-corrected chi connectivity index (χ1v) is 9.31. The molecule has 25 heavy (non-hydrogen) atoms. The summed E-state index contributed by atoms with van der Waals surface area (Å²) in [6.45, 7) is 20.4. The average molecular weight is 338 g/mol. The van der Waals surface area contributed by atoms with Crippen molar-refractivity contribution in [3.63, 3.8) is 0 Å². The second-order valence-corrected chi connectivity index (χ2v) is 10.2. The Balaban J connectivity index is 2.39. The molecule has 0 heterocycles. The van der Waals surface area contributed by atoms with Crippen molar-refractivity contribution in [3.8, 4) is 0 Å². The van der Waals surface area contributed by atoms with Gasteiger partial charge in [0.25, 0.3) is 0 Å². The van der Waals surface area contributed by atoms with Crippen LogP contribution in [-0.4, -0.2) is 0 Å². The number of hydrogen-bond acceptors (Lipinski definition) is 1. The van der Waals surface area contributed by atoms with Crippen molar-refractivity contribution in [3.05, 3.63) is 59.2 Å². The Morgan fingerprint density at radius 3 is 1.48 bits per heavy atom. The van der Waals surface area contributed by atoms with Crippen LogP contribution in [0.15, 0.2) is 42.5 Å². The van der Waals surface area contributed by atoms with E-state index < -0.39 is 0 Å². The first kappa shape index (κ1) is 19.6. The lowest BCUT2D eigenvalue weighted by Gasteiger charge is -2.28. The second-order valence-electron chi connectivity index (χ2n) is 10.2. The number of anilines is 2. The van der Waals surface area contributed by atoms with Gasteiger partial charge in [-0.25, -0.2) is 0 Å². The summed E-state index contributed by atoms with van der Waals surface area (Å²) >= 11 is 0. The van der Waals surface area contributed by atoms with E-state index in [0.29, 0.717) is 0 Å². The molecule has 0 bridgehead atoms. The fourth-order valence-electron chi connectivity index (χ4n) is 2.95. The van der Waals surface area contributed by atoms with Gasteiger partial charge in [-0.1, -0.05) is 86.6 Å². The SMILES string of the molecule is CC(C)(C)c1ccc(Nc2ccc(C(C)(C)C)cc2C(C)(C)C)cc1. The summed E-state index contributed by atoms with van der Waals surface area (Å²) in [4.78, 5) is 0. The number of nitrogens with one attached hydrogen (secondary N) is 1. The lowest BCUT2D eigenvalue weighted by molar-refractivity contribution is 0.570. The van der Waals surface area contributed by atoms with Crippen LogP contribution in [-0.2, 0) is 16.2 Å². The van der Waals surface area contributed by atoms with Gasteiger partial charge in [-0.3, -0.25) is 0 Å². The van der Waals surface area contributed by atoms with Gasteiger partial charge < -0.3 is 5.32 Å². The van der Waals surface area contributed by atoms with Gasteiger partial charge in [0, 0.05) is 11.4 Å². The van der Waals surface area contributed by atoms with Gasteiger partial charge in [-0.2, -0.15) is 0 Å². The molecule has 0 unspecified atom stereocenters. The van der Waals surface area contributed by atoms with E-state index in [1.165, 1.54) is 22.4 Å². The van der Waals surface area contributed by atoms with Crippen molar-refractivity contribution in [2.45, 2.75) is 78.6 Å². The molecule has 0 saturated heterocycles. The third-order valence-electron chi connectivity index (χ3n) is 4.72. The molecule has 0 aliphatic rings. The van der Waals surface area contributed by atoms with Gasteiger partial charge in [-0.15, -0.1) is 0 Å². The summed E-state index contributed by atoms with van der Waals surface area (Å²) in [7, 11) is 0. The van der Waals surface area contributed by atoms with E-state index in [1.807, 2.05) is 0 Å². The maximum absolute atomic E-state index is 3.64. The van der Waals surface area contributed by atoms with Crippen molar-refractivity contribution in [1.29, 1.82) is 0 Å². The minimum Gasteiger partial charge on any atom is -0.355 e. The normalized spacial score (nSPS) is 13.0. The van der Waals surface area contributed by atoms with Crippen LogP contribution < -0.4 is 5.32 Å². The van der Waals surface area contributed by atoms with Crippen molar-refractivity contribution in [1.82, 2.24) is 0 Å². The highest BCUT2D eigenvalue weighted by atomic mass is 14.9. The monoisotopic (exact) mass is 337 g/mol. The van der Waals surface area contributed by atoms with Crippen LogP contribution in [0.1, 0.15) is 79.0 Å². The molecule has 0 aromatic heterocycles. The van der Waals surface area contributed by atoms with E-state index >= 15 is 0 Å². The Morgan fingerprint density at radius 2 is 1.04 bits per heavy atom. The first-order valence-electron chi connectivity index (χ1n) is 9.31. The van der Waals surface area contributed by atoms with Crippen LogP contribution in [0.3, 0.4) is 0 Å². The predicted molar refractivity (Wildman–Crippen MR) is 112 cm³/mol. The van der Waals surface area contributed by atoms with E-state index in [9.17, 15) is 0 Å². The molecule has 0 fully saturated rings. The molecular weight excluding hydrogens is 302 g/mol. The molecule has 0 spiro atoms. The molecule has 0 amide bonds. The largest absolute Gasteiger partial charge is 0.355 e. The predicted octanol–water partition coefficient (Wildman–Crippen LogP) is 7.32. The highest BCUT2D eigenvalue weighted by molar-refractivity contribution is 5.66. The van der Waals surface area contributed by atoms with Crippen molar-refractivity contribution in [2.75, 3.05) is 5.32 Å². The second kappa shape index (κ2) is 6.52. The third-order valence-corrected chi connectivity index (χ3v) is 4.72. The minimum atomic E-state index is 0.0922. The Labute approximate surface area is 154 Å². The Hall–Kier alpha value is -1.76. The molecular formula is C24H35N. The maximum Gasteiger partial charge on any atom is 0.0422 e. The minimum absolute atomic E-state index is 0.0922. The quantitative estimate of drug-likeness (QED) is 0.605. The van der Waals surface area contributed by atoms with E-state index in [2.05, 4.69) is 110 Å². The van der Waals surface area contributed by atoms with Gasteiger partial charge in [0.05, 0.1) is 0 Å². The summed E-state index contributed by atoms with van der Waals surface area (Å²) in [6, 6.07) is 15.7. The zero-order chi connectivity index (χ0) is 19.0. The molecule has 2 aromatic rings. The van der Waals surface area contributed by atoms with E-state index in [4.69, 9.17) is 0 Å². The van der Waals surface area contributed by atoms with Gasteiger partial charge in [-0.05, 0) is 51.1 Å². The number of rotatable bonds is 2. The highest BCUT2D eigenvalue weighted by Crippen LogP contribution is 2.35. The van der Waals surface area contributed by atoms with Crippen molar-refractivity contribution in [2.24, 2.45) is 0 Å². The molecule has 0 aliphatic heterocycles. The van der Waals surface area contributed by atoms with Crippen LogP contribution in [0.25, 0.3) is 0 Å². The van der Waals surface area contributed by atoms with E-state index in [-0.39, 0.29) is 16.2 Å². The average Bonchev–Trinajstić information content (AvgIpc) is 2.45. The summed E-state index contributed by atoms with van der Waals surface area (Å²) in [5, 5.41) is 3.64. The van der Waals surface area contributed by atoms with Crippen molar-refractivity contribution < 1.29 is 0 Å². The molecule has 2 aromatic carbocycles. The smallest absolute Gasteiger partial charge is 0.0422 e. The standard InChI is InChI=1S/C24H35N/c1-22(2,3)17-10-13-19(14-11-17)25-21-15-12-18(23(4,5)6)16-20(21)24(7,8)9/h10-16,25H,1-9H3. The molecule has 2 rings (SSSR count). The lowest BCUT2D eigenvalue weighted by atomic mass is 9.80. The van der Waals surface area contributed by atoms with E-state index in [0.717, 1.165) is 5.69 Å². The fourth-order valence-corrected chi connectivity index (χ4v) is 2.95. The molecule has 0 aliphatic carbocycles. The molecule has 1 heteroatoms. The van der Waals surface area contributed by atoms with Crippen LogP contribution in [0, 0.1) is 0 Å². The Morgan fingerprint density at radius 1 is 0.560 bits per heavy atom. The molecule has 0 saturated carbocycles. The van der Waals surface area contributed by atoms with Crippen LogP contribution in [0.2, 0.25) is 0 Å². The molecule has 1 N–H and O–H groups in total. The molecule has 136 valence electrons. The van der Waals surface area contributed by atoms with E-state index in [1.54, 1.807) is 0 Å². The van der Waals surface area contributed by atoms with Crippen LogP contribution >= 0.6 is 0 Å². The van der Waals surface area contributed by atoms with Gasteiger partial charge in [0.15, 0.2) is 0 Å². The lowest BCUT2D eigenvalue weighted by Crippen LogP contribution is -2.18. The van der Waals surface area contributed by atoms with Gasteiger partial charge in [0.2, 0.25) is 0 Å². The molecule has 0 radical (unpaired) electrons. The van der Waals surface area contributed by atoms with Gasteiger partial charge >= 0.3 is 0 Å². The topological polar surface area (TPSA) is 12.0 Å². The zero-order valence-corrected chi connectivity index (χ0v) is 17.5. The third kappa shape index (κ3) is 4.87.